The number of ketones is 1. The minimum absolute atomic E-state index is 0. The maximum absolute atomic E-state index is 9.44. The van der Waals surface area contributed by atoms with Crippen molar-refractivity contribution in [3.05, 3.63) is 0 Å². The van der Waals surface area contributed by atoms with Gasteiger partial charge in [0.1, 0.15) is 5.78 Å². The maximum Gasteiger partial charge on any atom is 3.00 e. The van der Waals surface area contributed by atoms with Crippen LogP contribution in [0.1, 0.15) is 13.8 Å². The predicted molar refractivity (Wildman–Crippen MR) is 16.4 cm³/mol. The molecule has 8 heavy (non-hydrogen) atoms. The fourth-order valence-electron chi connectivity index (χ4n) is 0. The number of rotatable bonds is 0. The molecule has 0 fully saturated rings. The fraction of sp³-hybridized carbons (Fsp3) is 0.667. The molecule has 0 aromatic carbocycles. The minimum atomic E-state index is 0. The van der Waals surface area contributed by atoms with Crippen molar-refractivity contribution < 1.29 is 60.2 Å². The van der Waals surface area contributed by atoms with E-state index in [9.17, 15) is 4.79 Å². The van der Waals surface area contributed by atoms with Gasteiger partial charge in [-0.1, -0.05) is 0 Å². The van der Waals surface area contributed by atoms with Crippen LogP contribution in [0.15, 0.2) is 0 Å². The van der Waals surface area contributed by atoms with E-state index in [-0.39, 0.29) is 61.2 Å². The molecule has 0 bridgehead atoms. The first-order valence-electron chi connectivity index (χ1n) is 1.20. The van der Waals surface area contributed by atoms with Crippen molar-refractivity contribution in [1.29, 1.82) is 0 Å². The van der Waals surface area contributed by atoms with E-state index in [0.29, 0.717) is 0 Å². The van der Waals surface area contributed by atoms with Crippen LogP contribution in [0.3, 0.4) is 0 Å². The molecule has 0 spiro atoms. The molecule has 0 aliphatic heterocycles. The van der Waals surface area contributed by atoms with Gasteiger partial charge in [0, 0.05) is 0 Å². The van der Waals surface area contributed by atoms with Gasteiger partial charge >= 0.3 is 41.3 Å². The van der Waals surface area contributed by atoms with Crippen molar-refractivity contribution in [1.82, 2.24) is 0 Å². The first kappa shape index (κ1) is 36.9. The summed E-state index contributed by atoms with van der Waals surface area (Å²) >= 11 is 0. The molecule has 5 heteroatoms. The summed E-state index contributed by atoms with van der Waals surface area (Å²) in [6.07, 6.45) is 0. The molecule has 0 radical (unpaired) electrons. The van der Waals surface area contributed by atoms with Crippen LogP contribution < -0.4 is 14.1 Å². The molecule has 0 aromatic rings. The third-order valence-electron chi connectivity index (χ3n) is 0. The third kappa shape index (κ3) is 341. The van der Waals surface area contributed by atoms with Crippen LogP contribution in [0, 0.1) is 41.3 Å². The summed E-state index contributed by atoms with van der Waals surface area (Å²) in [6.45, 7) is 3.06. The maximum atomic E-state index is 9.44. The van der Waals surface area contributed by atoms with E-state index in [4.69, 9.17) is 0 Å². The van der Waals surface area contributed by atoms with Gasteiger partial charge in [0.05, 0.1) is 0 Å². The molecule has 0 aliphatic rings. The van der Waals surface area contributed by atoms with Crippen LogP contribution in [-0.4, -0.2) is 5.78 Å². The number of halogens is 3. The predicted octanol–water partition coefficient (Wildman–Crippen LogP) is -8.39. The number of hydrogen-bond donors (Lipinski definition) is 0. The molecule has 0 saturated carbocycles. The molecule has 0 saturated heterocycles. The van der Waals surface area contributed by atoms with Crippen LogP contribution in [0.25, 0.3) is 0 Å². The van der Waals surface area contributed by atoms with E-state index < -0.39 is 0 Å². The molecule has 1 nitrogen and oxygen atoms in total. The fourth-order valence-corrected chi connectivity index (χ4v) is 0. The Labute approximate surface area is 79.3 Å². The summed E-state index contributed by atoms with van der Waals surface area (Å²) < 4.78 is 0. The van der Waals surface area contributed by atoms with Gasteiger partial charge in [0.15, 0.2) is 0 Å². The van der Waals surface area contributed by atoms with Crippen molar-refractivity contribution in [2.24, 2.45) is 0 Å². The Morgan fingerprint density at radius 2 is 1.00 bits per heavy atom. The van der Waals surface area contributed by atoms with Crippen LogP contribution in [-0.2, 0) is 4.79 Å². The van der Waals surface area contributed by atoms with Crippen molar-refractivity contribution in [3.8, 4) is 0 Å². The van der Waals surface area contributed by atoms with E-state index >= 15 is 0 Å². The first-order valence-corrected chi connectivity index (χ1v) is 1.20. The van der Waals surface area contributed by atoms with Gasteiger partial charge in [-0.2, -0.15) is 0 Å². The van der Waals surface area contributed by atoms with Crippen molar-refractivity contribution >= 4 is 5.78 Å². The Hall–Kier alpha value is 0.824. The largest absolute Gasteiger partial charge is 3.00 e. The van der Waals surface area contributed by atoms with Gasteiger partial charge in [0.2, 0.25) is 0 Å². The van der Waals surface area contributed by atoms with Crippen LogP contribution in [0.4, 0.5) is 0 Å². The Balaban J connectivity index is -0.00000000750. The summed E-state index contributed by atoms with van der Waals surface area (Å²) in [7, 11) is 0. The first-order chi connectivity index (χ1) is 1.73. The Kier molecular flexibility index (Phi) is 115. The van der Waals surface area contributed by atoms with Crippen molar-refractivity contribution in [3.63, 3.8) is 0 Å². The molecule has 0 aromatic heterocycles. The van der Waals surface area contributed by atoms with E-state index in [1.54, 1.807) is 0 Å². The molecular weight excluding hydrogens is 250 g/mol. The molecule has 0 rings (SSSR count). The Morgan fingerprint density at radius 3 is 1.00 bits per heavy atom. The topological polar surface area (TPSA) is 17.1 Å². The quantitative estimate of drug-likeness (QED) is 0.421. The smallest absolute Gasteiger partial charge is 1.00 e. The SMILES string of the molecule is CC(C)=O.[F-].[F-].[F-].[Pr+3]. The van der Waals surface area contributed by atoms with Crippen LogP contribution in [0.2, 0.25) is 0 Å². The second-order valence-corrected chi connectivity index (χ2v) is 0.908. The molecule has 0 aliphatic carbocycles. The zero-order valence-electron chi connectivity index (χ0n) is 4.62. The standard InChI is InChI=1S/C3H6O.3FH.Pr/c1-3(2)4;;;;/h1-2H3;3*1H;/q;;;;+3/p-3. The Morgan fingerprint density at radius 1 is 1.00 bits per heavy atom. The van der Waals surface area contributed by atoms with Gasteiger partial charge in [-0.25, -0.2) is 0 Å². The van der Waals surface area contributed by atoms with Gasteiger partial charge in [-0.3, -0.25) is 0 Å². The van der Waals surface area contributed by atoms with Crippen molar-refractivity contribution in [2.75, 3.05) is 0 Å². The number of hydrogen-bond acceptors (Lipinski definition) is 1. The second-order valence-electron chi connectivity index (χ2n) is 0.908. The zero-order chi connectivity index (χ0) is 3.58. The van der Waals surface area contributed by atoms with Gasteiger partial charge in [-0.05, 0) is 13.8 Å². The normalized spacial score (nSPS) is 3.25. The molecule has 0 heterocycles. The summed E-state index contributed by atoms with van der Waals surface area (Å²) in [5.41, 5.74) is 0. The van der Waals surface area contributed by atoms with E-state index in [0.717, 1.165) is 0 Å². The van der Waals surface area contributed by atoms with Gasteiger partial charge in [-0.15, -0.1) is 0 Å². The van der Waals surface area contributed by atoms with Gasteiger partial charge in [0.25, 0.3) is 0 Å². The van der Waals surface area contributed by atoms with Crippen LogP contribution >= 0.6 is 0 Å². The van der Waals surface area contributed by atoms with Crippen molar-refractivity contribution in [2.45, 2.75) is 13.8 Å². The van der Waals surface area contributed by atoms with Gasteiger partial charge < -0.3 is 18.9 Å². The summed E-state index contributed by atoms with van der Waals surface area (Å²) in [5.74, 6) is 0.167. The third-order valence-corrected chi connectivity index (χ3v) is 0. The average molecular weight is 256 g/mol. The molecule has 48 valence electrons. The molecule has 0 amide bonds. The summed E-state index contributed by atoms with van der Waals surface area (Å²) in [4.78, 5) is 9.44. The minimum Gasteiger partial charge on any atom is -1.00 e. The summed E-state index contributed by atoms with van der Waals surface area (Å²) in [6, 6.07) is 0. The molecular formula is C3H6F3OPr. The van der Waals surface area contributed by atoms with E-state index in [1.807, 2.05) is 0 Å². The Bertz CT molecular complexity index is 37.5. The second kappa shape index (κ2) is 24.9. The van der Waals surface area contributed by atoms with E-state index in [1.165, 1.54) is 13.8 Å². The summed E-state index contributed by atoms with van der Waals surface area (Å²) in [5, 5.41) is 0. The molecule has 0 atom stereocenters. The van der Waals surface area contributed by atoms with E-state index in [2.05, 4.69) is 0 Å². The number of Topliss-reactive ketones (excluding diaryl/α,β-unsaturated/α-hetero) is 1. The monoisotopic (exact) mass is 256 g/mol. The number of carbonyl (C=O) groups excluding carboxylic acids is 1. The molecule has 0 unspecified atom stereocenters. The zero-order valence-corrected chi connectivity index (χ0v) is 8.32. The average Bonchev–Trinajstić information content (AvgIpc) is 0.811. The van der Waals surface area contributed by atoms with Crippen LogP contribution in [0.5, 0.6) is 0 Å². The number of carbonyl (C=O) groups is 1. The molecule has 0 N–H and O–H groups in total.